The molecule has 200 valence electrons. The Bertz CT molecular complexity index is 1340. The number of rotatable bonds is 7. The van der Waals surface area contributed by atoms with Gasteiger partial charge in [0.05, 0.1) is 30.6 Å². The van der Waals surface area contributed by atoms with Crippen molar-refractivity contribution in [1.29, 1.82) is 0 Å². The summed E-state index contributed by atoms with van der Waals surface area (Å²) in [4.78, 5) is 11.3. The summed E-state index contributed by atoms with van der Waals surface area (Å²) < 4.78 is 45.1. The average Bonchev–Trinajstić information content (AvgIpc) is 3.33. The van der Waals surface area contributed by atoms with Gasteiger partial charge in [-0.1, -0.05) is 24.3 Å². The molecule has 3 aromatic carbocycles. The maximum atomic E-state index is 10.6. The van der Waals surface area contributed by atoms with E-state index in [9.17, 15) is 13.2 Å². The van der Waals surface area contributed by atoms with Crippen molar-refractivity contribution >= 4 is 28.2 Å². The van der Waals surface area contributed by atoms with Crippen molar-refractivity contribution in [2.75, 3.05) is 44.8 Å². The maximum absolute atomic E-state index is 10.6. The Morgan fingerprint density at radius 2 is 1.74 bits per heavy atom. The molecule has 8 nitrogen and oxygen atoms in total. The molecule has 4 aromatic rings. The summed E-state index contributed by atoms with van der Waals surface area (Å²) in [7, 11) is 0. The highest BCUT2D eigenvalue weighted by Crippen LogP contribution is 2.25. The predicted octanol–water partition coefficient (Wildman–Crippen LogP) is 5.11. The van der Waals surface area contributed by atoms with Gasteiger partial charge in [0.2, 0.25) is 0 Å². The number of ether oxygens (including phenoxy) is 2. The van der Waals surface area contributed by atoms with E-state index in [1.807, 2.05) is 47.3 Å². The molecule has 2 heterocycles. The number of carbonyl (C=O) groups is 1. The van der Waals surface area contributed by atoms with Crippen molar-refractivity contribution in [2.45, 2.75) is 6.18 Å². The van der Waals surface area contributed by atoms with Crippen molar-refractivity contribution in [1.82, 2.24) is 14.7 Å². The molecule has 0 bridgehead atoms. The van der Waals surface area contributed by atoms with Gasteiger partial charge in [0.15, 0.2) is 0 Å². The van der Waals surface area contributed by atoms with E-state index in [4.69, 9.17) is 19.4 Å². The van der Waals surface area contributed by atoms with Gasteiger partial charge in [-0.25, -0.2) is 9.48 Å². The topological polar surface area (TPSA) is 88.9 Å². The van der Waals surface area contributed by atoms with Crippen LogP contribution in [0.1, 0.15) is 0 Å². The number of halogens is 3. The molecule has 1 fully saturated rings. The number of alkyl halides is 3. The van der Waals surface area contributed by atoms with Gasteiger partial charge in [0, 0.05) is 42.5 Å². The molecule has 1 aromatic heterocycles. The second-order valence-electron chi connectivity index (χ2n) is 8.42. The summed E-state index contributed by atoms with van der Waals surface area (Å²) in [6.45, 7) is 5.15. The average molecular weight is 529 g/mol. The zero-order valence-corrected chi connectivity index (χ0v) is 20.4. The highest BCUT2D eigenvalue weighted by atomic mass is 19.4. The highest BCUT2D eigenvalue weighted by molar-refractivity contribution is 5.84. The molecule has 0 radical (unpaired) electrons. The van der Waals surface area contributed by atoms with Gasteiger partial charge < -0.3 is 19.9 Å². The minimum Gasteiger partial charge on any atom is -0.492 e. The van der Waals surface area contributed by atoms with Gasteiger partial charge >= 0.3 is 12.1 Å². The van der Waals surface area contributed by atoms with Crippen molar-refractivity contribution in [2.24, 2.45) is 0 Å². The van der Waals surface area contributed by atoms with E-state index in [0.717, 1.165) is 66.6 Å². The zero-order valence-electron chi connectivity index (χ0n) is 20.4. The van der Waals surface area contributed by atoms with Gasteiger partial charge in [-0.15, -0.1) is 0 Å². The van der Waals surface area contributed by atoms with Gasteiger partial charge in [-0.05, 0) is 42.5 Å². The van der Waals surface area contributed by atoms with Crippen molar-refractivity contribution < 1.29 is 32.5 Å². The Morgan fingerprint density at radius 3 is 2.45 bits per heavy atom. The van der Waals surface area contributed by atoms with Crippen molar-refractivity contribution in [3.63, 3.8) is 0 Å². The maximum Gasteiger partial charge on any atom is 0.490 e. The Hall–Kier alpha value is -4.09. The van der Waals surface area contributed by atoms with Crippen LogP contribution in [0.25, 0.3) is 16.6 Å². The number of nitrogens with zero attached hydrogens (tertiary/aromatic N) is 3. The summed E-state index contributed by atoms with van der Waals surface area (Å²) in [5, 5.41) is 16.3. The van der Waals surface area contributed by atoms with E-state index in [1.54, 1.807) is 0 Å². The number of aromatic nitrogens is 2. The summed E-state index contributed by atoms with van der Waals surface area (Å²) in [5.74, 6) is -1.90. The molecule has 2 N–H and O–H groups in total. The summed E-state index contributed by atoms with van der Waals surface area (Å²) in [6.07, 6.45) is -3.18. The number of hydrogen-bond donors (Lipinski definition) is 2. The molecule has 1 aliphatic rings. The molecule has 0 atom stereocenters. The Kier molecular flexibility index (Phi) is 8.82. The second kappa shape index (κ2) is 12.4. The van der Waals surface area contributed by atoms with E-state index in [1.165, 1.54) is 0 Å². The van der Waals surface area contributed by atoms with E-state index in [0.29, 0.717) is 6.61 Å². The zero-order chi connectivity index (χ0) is 27.0. The number of benzene rings is 3. The third-order valence-electron chi connectivity index (χ3n) is 5.72. The predicted molar refractivity (Wildman–Crippen MR) is 137 cm³/mol. The number of aliphatic carboxylic acids is 1. The highest BCUT2D eigenvalue weighted by Gasteiger charge is 2.38. The van der Waals surface area contributed by atoms with Crippen molar-refractivity contribution in [3.05, 3.63) is 79.0 Å². The number of morpholine rings is 1. The van der Waals surface area contributed by atoms with Gasteiger partial charge in [-0.2, -0.15) is 18.3 Å². The lowest BCUT2D eigenvalue weighted by Gasteiger charge is -2.26. The van der Waals surface area contributed by atoms with E-state index < -0.39 is 12.1 Å². The molecule has 0 aliphatic carbocycles. The minimum absolute atomic E-state index is 0.665. The van der Waals surface area contributed by atoms with Crippen LogP contribution >= 0.6 is 0 Å². The van der Waals surface area contributed by atoms with E-state index >= 15 is 0 Å². The van der Waals surface area contributed by atoms with E-state index in [2.05, 4.69) is 51.7 Å². The first kappa shape index (κ1) is 27.0. The lowest BCUT2D eigenvalue weighted by atomic mass is 10.2. The summed E-state index contributed by atoms with van der Waals surface area (Å²) in [6, 6.07) is 24.6. The molecule has 5 rings (SSSR count). The van der Waals surface area contributed by atoms with Crippen LogP contribution in [0.3, 0.4) is 0 Å². The lowest BCUT2D eigenvalue weighted by molar-refractivity contribution is -0.192. The van der Waals surface area contributed by atoms with Gasteiger partial charge in [0.1, 0.15) is 12.4 Å². The van der Waals surface area contributed by atoms with Crippen LogP contribution in [0, 0.1) is 0 Å². The molecule has 38 heavy (non-hydrogen) atoms. The van der Waals surface area contributed by atoms with Crippen LogP contribution < -0.4 is 10.1 Å². The molecule has 1 aliphatic heterocycles. The summed E-state index contributed by atoms with van der Waals surface area (Å²) in [5.41, 5.74) is 4.15. The fourth-order valence-corrected chi connectivity index (χ4v) is 3.83. The molecule has 0 saturated carbocycles. The number of carboxylic acids is 1. The molecule has 1 saturated heterocycles. The standard InChI is InChI=1S/C25H26N4O2.C2HF3O2/c1-2-5-21(6-3-1)27-22-9-10-25-20(17-22)19-26-29(25)23-7-4-8-24(18-23)31-16-13-28-11-14-30-15-12-28;3-2(4,5)1(6)7/h1-10,17-19,27H,11-16H2;(H,6,7). The lowest BCUT2D eigenvalue weighted by Crippen LogP contribution is -2.38. The van der Waals surface area contributed by atoms with E-state index in [-0.39, 0.29) is 0 Å². The first-order valence-electron chi connectivity index (χ1n) is 11.9. The smallest absolute Gasteiger partial charge is 0.490 e. The van der Waals surface area contributed by atoms with Crippen molar-refractivity contribution in [3.8, 4) is 11.4 Å². The second-order valence-corrected chi connectivity index (χ2v) is 8.42. The SMILES string of the molecule is O=C(O)C(F)(F)F.c1ccc(Nc2ccc3c(cnn3-c3cccc(OCCN4CCOCC4)c3)c2)cc1. The van der Waals surface area contributed by atoms with Crippen LogP contribution in [-0.4, -0.2) is 71.4 Å². The Morgan fingerprint density at radius 1 is 1.00 bits per heavy atom. The largest absolute Gasteiger partial charge is 0.492 e. The van der Waals surface area contributed by atoms with Crippen LogP contribution in [0.5, 0.6) is 5.75 Å². The monoisotopic (exact) mass is 528 g/mol. The fraction of sp³-hybridized carbons (Fsp3) is 0.259. The molecular weight excluding hydrogens is 501 g/mol. The number of fused-ring (bicyclic) bond motifs is 1. The molecule has 0 spiro atoms. The Labute approximate surface area is 217 Å². The first-order chi connectivity index (χ1) is 18.3. The number of carboxylic acid groups (broad SMARTS) is 1. The molecule has 0 unspecified atom stereocenters. The van der Waals surface area contributed by atoms with Crippen LogP contribution in [-0.2, 0) is 9.53 Å². The third kappa shape index (κ3) is 7.46. The normalized spacial score (nSPS) is 14.0. The summed E-state index contributed by atoms with van der Waals surface area (Å²) >= 11 is 0. The number of nitrogens with one attached hydrogen (secondary N) is 1. The molecule has 0 amide bonds. The van der Waals surface area contributed by atoms with Crippen LogP contribution in [0.2, 0.25) is 0 Å². The number of para-hydroxylation sites is 1. The quantitative estimate of drug-likeness (QED) is 0.345. The van der Waals surface area contributed by atoms with Gasteiger partial charge in [0.25, 0.3) is 0 Å². The molecular formula is C27H27F3N4O4. The fourth-order valence-electron chi connectivity index (χ4n) is 3.83. The Balaban J connectivity index is 0.000000426. The number of anilines is 2. The molecule has 11 heteroatoms. The van der Waals surface area contributed by atoms with Gasteiger partial charge in [-0.3, -0.25) is 4.90 Å². The first-order valence-corrected chi connectivity index (χ1v) is 11.9. The third-order valence-corrected chi connectivity index (χ3v) is 5.72. The van der Waals surface area contributed by atoms with Crippen LogP contribution in [0.4, 0.5) is 24.5 Å². The number of hydrogen-bond acceptors (Lipinski definition) is 6. The van der Waals surface area contributed by atoms with Crippen LogP contribution in [0.15, 0.2) is 79.0 Å². The minimum atomic E-state index is -5.08.